The van der Waals surface area contributed by atoms with Gasteiger partial charge in [-0.25, -0.2) is 0 Å². The summed E-state index contributed by atoms with van der Waals surface area (Å²) in [6.45, 7) is 9.49. The van der Waals surface area contributed by atoms with E-state index in [-0.39, 0.29) is 24.0 Å². The number of hydrogen-bond donors (Lipinski definition) is 1. The maximum atomic E-state index is 5.52. The highest BCUT2D eigenvalue weighted by Crippen LogP contribution is 2.18. The molecule has 1 atom stereocenters. The van der Waals surface area contributed by atoms with Crippen molar-refractivity contribution in [2.45, 2.75) is 19.8 Å². The fraction of sp³-hybridized carbons (Fsp3) is 0.522. The van der Waals surface area contributed by atoms with E-state index in [1.807, 2.05) is 12.1 Å². The lowest BCUT2D eigenvalue weighted by atomic mass is 10.1. The minimum atomic E-state index is 0. The van der Waals surface area contributed by atoms with E-state index in [0.717, 1.165) is 77.0 Å². The molecule has 3 heterocycles. The summed E-state index contributed by atoms with van der Waals surface area (Å²) in [5, 5.41) is 3.57. The third-order valence-corrected chi connectivity index (χ3v) is 5.70. The Labute approximate surface area is 196 Å². The van der Waals surface area contributed by atoms with E-state index in [4.69, 9.17) is 14.1 Å². The van der Waals surface area contributed by atoms with Gasteiger partial charge in [0.05, 0.1) is 12.9 Å². The van der Waals surface area contributed by atoms with Crippen molar-refractivity contribution in [1.29, 1.82) is 0 Å². The minimum absolute atomic E-state index is 0. The van der Waals surface area contributed by atoms with Crippen LogP contribution in [-0.4, -0.2) is 63.3 Å². The molecule has 2 fully saturated rings. The Morgan fingerprint density at radius 2 is 2.03 bits per heavy atom. The second-order valence-electron chi connectivity index (χ2n) is 7.96. The Balaban J connectivity index is 0.00000256. The van der Waals surface area contributed by atoms with E-state index in [1.165, 1.54) is 11.3 Å². The molecule has 0 spiro atoms. The Bertz CT molecular complexity index is 782. The fourth-order valence-electron chi connectivity index (χ4n) is 3.96. The van der Waals surface area contributed by atoms with E-state index in [1.54, 1.807) is 6.26 Å². The molecule has 6 nitrogen and oxygen atoms in total. The number of halogens is 1. The topological polar surface area (TPSA) is 53.2 Å². The van der Waals surface area contributed by atoms with E-state index < -0.39 is 0 Å². The van der Waals surface area contributed by atoms with Crippen LogP contribution in [0.15, 0.2) is 52.1 Å². The fourth-order valence-corrected chi connectivity index (χ4v) is 3.96. The summed E-state index contributed by atoms with van der Waals surface area (Å²) < 4.78 is 11.0. The first-order chi connectivity index (χ1) is 14.3. The number of piperazine rings is 1. The molecule has 2 aliphatic heterocycles. The average molecular weight is 524 g/mol. The Kier molecular flexibility index (Phi) is 8.87. The van der Waals surface area contributed by atoms with Crippen LogP contribution in [0.25, 0.3) is 0 Å². The predicted octanol–water partition coefficient (Wildman–Crippen LogP) is 3.55. The molecular weight excluding hydrogens is 491 g/mol. The number of anilines is 1. The Hall–Kier alpha value is -1.74. The van der Waals surface area contributed by atoms with Gasteiger partial charge in [0.1, 0.15) is 5.76 Å². The van der Waals surface area contributed by atoms with Crippen molar-refractivity contribution < 1.29 is 9.15 Å². The molecule has 1 N–H and O–H groups in total. The standard InChI is InChI=1S/C23H32N4O2.HI/c1-19-4-2-5-21(16-19)26-10-12-27(13-11-26)23(25-17-20-8-15-28-18-20)24-9-7-22-6-3-14-29-22;/h2-6,14,16,20H,7-13,15,17-18H2,1H3,(H,24,25);1H. The van der Waals surface area contributed by atoms with Crippen LogP contribution >= 0.6 is 24.0 Å². The van der Waals surface area contributed by atoms with Crippen LogP contribution in [0.2, 0.25) is 0 Å². The number of hydrogen-bond acceptors (Lipinski definition) is 4. The van der Waals surface area contributed by atoms with Crippen LogP contribution in [0.5, 0.6) is 0 Å². The molecule has 4 rings (SSSR count). The molecule has 7 heteroatoms. The number of aryl methyl sites for hydroxylation is 1. The minimum Gasteiger partial charge on any atom is -0.469 e. The largest absolute Gasteiger partial charge is 0.469 e. The van der Waals surface area contributed by atoms with Gasteiger partial charge in [-0.1, -0.05) is 12.1 Å². The summed E-state index contributed by atoms with van der Waals surface area (Å²) in [5.74, 6) is 2.57. The molecule has 2 aliphatic rings. The number of nitrogens with zero attached hydrogens (tertiary/aromatic N) is 3. The number of benzene rings is 1. The lowest BCUT2D eigenvalue weighted by Gasteiger charge is -2.38. The summed E-state index contributed by atoms with van der Waals surface area (Å²) in [7, 11) is 0. The van der Waals surface area contributed by atoms with E-state index in [9.17, 15) is 0 Å². The molecule has 0 radical (unpaired) electrons. The highest BCUT2D eigenvalue weighted by molar-refractivity contribution is 14.0. The summed E-state index contributed by atoms with van der Waals surface area (Å²) in [4.78, 5) is 9.82. The summed E-state index contributed by atoms with van der Waals surface area (Å²) in [6, 6.07) is 12.7. The zero-order valence-electron chi connectivity index (χ0n) is 17.8. The highest BCUT2D eigenvalue weighted by Gasteiger charge is 2.21. The zero-order valence-corrected chi connectivity index (χ0v) is 20.1. The van der Waals surface area contributed by atoms with Crippen molar-refractivity contribution in [3.8, 4) is 0 Å². The van der Waals surface area contributed by atoms with Gasteiger partial charge in [-0.15, -0.1) is 24.0 Å². The lowest BCUT2D eigenvalue weighted by molar-refractivity contribution is 0.187. The molecule has 164 valence electrons. The summed E-state index contributed by atoms with van der Waals surface area (Å²) in [5.41, 5.74) is 2.63. The second kappa shape index (κ2) is 11.6. The van der Waals surface area contributed by atoms with Gasteiger partial charge in [-0.3, -0.25) is 4.99 Å². The molecule has 2 aromatic rings. The van der Waals surface area contributed by atoms with Crippen LogP contribution in [0, 0.1) is 12.8 Å². The van der Waals surface area contributed by atoms with Crippen molar-refractivity contribution in [3.63, 3.8) is 0 Å². The average Bonchev–Trinajstić information content (AvgIpc) is 3.45. The maximum absolute atomic E-state index is 5.52. The van der Waals surface area contributed by atoms with E-state index in [2.05, 4.69) is 46.3 Å². The van der Waals surface area contributed by atoms with Crippen LogP contribution in [0.3, 0.4) is 0 Å². The van der Waals surface area contributed by atoms with E-state index >= 15 is 0 Å². The molecule has 0 amide bonds. The van der Waals surface area contributed by atoms with Gasteiger partial charge in [0.25, 0.3) is 0 Å². The van der Waals surface area contributed by atoms with Crippen LogP contribution in [-0.2, 0) is 11.2 Å². The monoisotopic (exact) mass is 524 g/mol. The first kappa shape index (κ1) is 22.9. The van der Waals surface area contributed by atoms with Crippen LogP contribution in [0.1, 0.15) is 17.7 Å². The van der Waals surface area contributed by atoms with Gasteiger partial charge < -0.3 is 24.3 Å². The maximum Gasteiger partial charge on any atom is 0.194 e. The Morgan fingerprint density at radius 1 is 1.17 bits per heavy atom. The number of ether oxygens (including phenoxy) is 1. The Morgan fingerprint density at radius 3 is 2.73 bits per heavy atom. The van der Waals surface area contributed by atoms with Gasteiger partial charge in [0.2, 0.25) is 0 Å². The first-order valence-corrected chi connectivity index (χ1v) is 10.7. The number of rotatable bonds is 6. The van der Waals surface area contributed by atoms with E-state index in [0.29, 0.717) is 5.92 Å². The van der Waals surface area contributed by atoms with Crippen molar-refractivity contribution >= 4 is 35.6 Å². The van der Waals surface area contributed by atoms with Crippen molar-refractivity contribution in [2.24, 2.45) is 10.9 Å². The van der Waals surface area contributed by atoms with Crippen molar-refractivity contribution in [1.82, 2.24) is 10.2 Å². The number of nitrogens with one attached hydrogen (secondary N) is 1. The van der Waals surface area contributed by atoms with Crippen LogP contribution in [0.4, 0.5) is 5.69 Å². The van der Waals surface area contributed by atoms with Crippen LogP contribution < -0.4 is 10.2 Å². The number of guanidine groups is 1. The molecule has 2 saturated heterocycles. The molecule has 30 heavy (non-hydrogen) atoms. The summed E-state index contributed by atoms with van der Waals surface area (Å²) in [6.07, 6.45) is 3.71. The van der Waals surface area contributed by atoms with Gasteiger partial charge in [0.15, 0.2) is 5.96 Å². The van der Waals surface area contributed by atoms with Crippen molar-refractivity contribution in [2.75, 3.05) is 57.4 Å². The number of aliphatic imine (C=N–C) groups is 1. The quantitative estimate of drug-likeness (QED) is 0.356. The SMILES string of the molecule is Cc1cccc(N2CCN(C(=NCC3CCOC3)NCCc3ccco3)CC2)c1.I. The highest BCUT2D eigenvalue weighted by atomic mass is 127. The summed E-state index contributed by atoms with van der Waals surface area (Å²) >= 11 is 0. The number of furan rings is 1. The van der Waals surface area contributed by atoms with Gasteiger partial charge in [-0.2, -0.15) is 0 Å². The molecule has 0 bridgehead atoms. The smallest absolute Gasteiger partial charge is 0.194 e. The molecular formula is C23H33IN4O2. The molecule has 1 unspecified atom stereocenters. The first-order valence-electron chi connectivity index (χ1n) is 10.7. The third-order valence-electron chi connectivity index (χ3n) is 5.70. The lowest BCUT2D eigenvalue weighted by Crippen LogP contribution is -2.53. The second-order valence-corrected chi connectivity index (χ2v) is 7.96. The molecule has 1 aromatic carbocycles. The molecule has 0 saturated carbocycles. The predicted molar refractivity (Wildman–Crippen MR) is 132 cm³/mol. The third kappa shape index (κ3) is 6.38. The zero-order chi connectivity index (χ0) is 19.9. The van der Waals surface area contributed by atoms with Gasteiger partial charge >= 0.3 is 0 Å². The molecule has 0 aliphatic carbocycles. The van der Waals surface area contributed by atoms with Gasteiger partial charge in [0, 0.05) is 63.9 Å². The normalized spacial score (nSPS) is 19.6. The van der Waals surface area contributed by atoms with Gasteiger partial charge in [-0.05, 0) is 43.2 Å². The molecule has 1 aromatic heterocycles. The van der Waals surface area contributed by atoms with Crippen molar-refractivity contribution in [3.05, 3.63) is 54.0 Å².